The minimum absolute atomic E-state index is 0.138. The first-order valence-electron chi connectivity index (χ1n) is 7.01. The molecule has 0 spiro atoms. The highest BCUT2D eigenvalue weighted by Gasteiger charge is 2.20. The van der Waals surface area contributed by atoms with Crippen LogP contribution in [0, 0.1) is 5.82 Å². The van der Waals surface area contributed by atoms with Gasteiger partial charge < -0.3 is 5.32 Å². The molecule has 1 aromatic carbocycles. The molecule has 1 amide bonds. The zero-order valence-corrected chi connectivity index (χ0v) is 12.4. The van der Waals surface area contributed by atoms with Crippen molar-refractivity contribution in [3.05, 3.63) is 29.0 Å². The average molecular weight is 299 g/mol. The van der Waals surface area contributed by atoms with E-state index in [0.717, 1.165) is 12.8 Å². The van der Waals surface area contributed by atoms with Gasteiger partial charge in [0.25, 0.3) is 0 Å². The summed E-state index contributed by atoms with van der Waals surface area (Å²) in [6.07, 6.45) is 5.99. The molecule has 1 N–H and O–H groups in total. The molecule has 110 valence electrons. The van der Waals surface area contributed by atoms with Crippen LogP contribution in [0.15, 0.2) is 18.2 Å². The van der Waals surface area contributed by atoms with E-state index in [1.165, 1.54) is 37.5 Å². The molecular weight excluding hydrogens is 279 g/mol. The number of carbonyl (C=O) groups excluding carboxylic acids is 1. The van der Waals surface area contributed by atoms with E-state index in [4.69, 9.17) is 11.6 Å². The highest BCUT2D eigenvalue weighted by molar-refractivity contribution is 6.30. The van der Waals surface area contributed by atoms with E-state index in [1.807, 2.05) is 7.05 Å². The van der Waals surface area contributed by atoms with Crippen molar-refractivity contribution in [1.82, 2.24) is 4.90 Å². The zero-order chi connectivity index (χ0) is 14.5. The largest absolute Gasteiger partial charge is 0.322 e. The van der Waals surface area contributed by atoms with Crippen molar-refractivity contribution >= 4 is 23.2 Å². The van der Waals surface area contributed by atoms with Crippen molar-refractivity contribution in [3.8, 4) is 0 Å². The maximum atomic E-state index is 13.5. The molecule has 2 rings (SSSR count). The molecule has 0 radical (unpaired) electrons. The number of amides is 1. The van der Waals surface area contributed by atoms with Gasteiger partial charge in [0.15, 0.2) is 0 Å². The summed E-state index contributed by atoms with van der Waals surface area (Å²) < 4.78 is 13.5. The molecule has 5 heteroatoms. The summed E-state index contributed by atoms with van der Waals surface area (Å²) in [6.45, 7) is 0.274. The highest BCUT2D eigenvalue weighted by atomic mass is 35.5. The lowest BCUT2D eigenvalue weighted by Crippen LogP contribution is -2.39. The first-order chi connectivity index (χ1) is 9.56. The van der Waals surface area contributed by atoms with Crippen LogP contribution in [0.4, 0.5) is 10.1 Å². The van der Waals surface area contributed by atoms with Crippen LogP contribution < -0.4 is 5.32 Å². The molecule has 20 heavy (non-hydrogen) atoms. The van der Waals surface area contributed by atoms with Gasteiger partial charge in [-0.3, -0.25) is 9.69 Å². The average Bonchev–Trinajstić information content (AvgIpc) is 2.43. The third kappa shape index (κ3) is 4.18. The van der Waals surface area contributed by atoms with Crippen molar-refractivity contribution in [1.29, 1.82) is 0 Å². The van der Waals surface area contributed by atoms with Crippen LogP contribution >= 0.6 is 11.6 Å². The molecule has 1 fully saturated rings. The Labute approximate surface area is 124 Å². The lowest BCUT2D eigenvalue weighted by molar-refractivity contribution is -0.117. The number of nitrogens with one attached hydrogen (secondary N) is 1. The van der Waals surface area contributed by atoms with E-state index < -0.39 is 5.82 Å². The lowest BCUT2D eigenvalue weighted by atomic mass is 9.94. The van der Waals surface area contributed by atoms with Crippen molar-refractivity contribution in [2.45, 2.75) is 38.1 Å². The highest BCUT2D eigenvalue weighted by Crippen LogP contribution is 2.22. The number of benzene rings is 1. The van der Waals surface area contributed by atoms with Crippen LogP contribution in [0.1, 0.15) is 32.1 Å². The minimum atomic E-state index is -0.469. The zero-order valence-electron chi connectivity index (χ0n) is 11.7. The molecular formula is C15H20ClFN2O. The number of nitrogens with zero attached hydrogens (tertiary/aromatic N) is 1. The molecule has 0 unspecified atom stereocenters. The molecule has 0 saturated heterocycles. The Hall–Kier alpha value is -1.13. The molecule has 1 aromatic rings. The van der Waals surface area contributed by atoms with Gasteiger partial charge in [-0.1, -0.05) is 30.9 Å². The topological polar surface area (TPSA) is 32.3 Å². The van der Waals surface area contributed by atoms with Gasteiger partial charge in [0.05, 0.1) is 12.2 Å². The number of hydrogen-bond acceptors (Lipinski definition) is 2. The lowest BCUT2D eigenvalue weighted by Gasteiger charge is -2.30. The molecule has 1 aliphatic rings. The second kappa shape index (κ2) is 7.04. The quantitative estimate of drug-likeness (QED) is 0.919. The smallest absolute Gasteiger partial charge is 0.238 e. The second-order valence-corrected chi connectivity index (χ2v) is 5.82. The Morgan fingerprint density at radius 1 is 1.40 bits per heavy atom. The second-order valence-electron chi connectivity index (χ2n) is 5.38. The minimum Gasteiger partial charge on any atom is -0.322 e. The number of hydrogen-bond donors (Lipinski definition) is 1. The van der Waals surface area contributed by atoms with Gasteiger partial charge in [-0.2, -0.15) is 0 Å². The van der Waals surface area contributed by atoms with Crippen molar-refractivity contribution in [2.75, 3.05) is 18.9 Å². The van der Waals surface area contributed by atoms with Crippen molar-refractivity contribution in [2.24, 2.45) is 0 Å². The molecule has 0 heterocycles. The van der Waals surface area contributed by atoms with Gasteiger partial charge >= 0.3 is 0 Å². The molecule has 0 bridgehead atoms. The third-order valence-corrected chi connectivity index (χ3v) is 4.03. The van der Waals surface area contributed by atoms with Gasteiger partial charge in [-0.25, -0.2) is 4.39 Å². The van der Waals surface area contributed by atoms with Crippen LogP contribution in [0.25, 0.3) is 0 Å². The maximum absolute atomic E-state index is 13.5. The monoisotopic (exact) mass is 298 g/mol. The summed E-state index contributed by atoms with van der Waals surface area (Å²) in [5.74, 6) is -0.678. The van der Waals surface area contributed by atoms with E-state index in [2.05, 4.69) is 10.2 Å². The standard InChI is InChI=1S/C15H20ClFN2O/c1-19(12-5-3-2-4-6-12)10-15(20)18-14-9-11(16)7-8-13(14)17/h7-9,12H,2-6,10H2,1H3,(H,18,20). The summed E-state index contributed by atoms with van der Waals surface area (Å²) in [4.78, 5) is 14.0. The van der Waals surface area contributed by atoms with Crippen LogP contribution in [0.2, 0.25) is 5.02 Å². The Kier molecular flexibility index (Phi) is 5.38. The number of rotatable bonds is 4. The van der Waals surface area contributed by atoms with Crippen LogP contribution in [0.5, 0.6) is 0 Å². The molecule has 0 aromatic heterocycles. The van der Waals surface area contributed by atoms with Gasteiger partial charge in [-0.05, 0) is 38.1 Å². The van der Waals surface area contributed by atoms with Gasteiger partial charge in [-0.15, -0.1) is 0 Å². The summed E-state index contributed by atoms with van der Waals surface area (Å²) in [5, 5.41) is 2.99. The predicted molar refractivity (Wildman–Crippen MR) is 79.5 cm³/mol. The van der Waals surface area contributed by atoms with Crippen molar-refractivity contribution in [3.63, 3.8) is 0 Å². The number of carbonyl (C=O) groups is 1. The van der Waals surface area contributed by atoms with Gasteiger partial charge in [0.2, 0.25) is 5.91 Å². The van der Waals surface area contributed by atoms with Crippen LogP contribution in [-0.2, 0) is 4.79 Å². The number of likely N-dealkylation sites (N-methyl/N-ethyl adjacent to an activating group) is 1. The fraction of sp³-hybridized carbons (Fsp3) is 0.533. The Morgan fingerprint density at radius 2 is 2.10 bits per heavy atom. The maximum Gasteiger partial charge on any atom is 0.238 e. The number of halogens is 2. The van der Waals surface area contributed by atoms with Gasteiger partial charge in [0, 0.05) is 11.1 Å². The predicted octanol–water partition coefficient (Wildman–Crippen LogP) is 3.68. The van der Waals surface area contributed by atoms with Crippen LogP contribution in [0.3, 0.4) is 0 Å². The Balaban J connectivity index is 1.89. The first kappa shape index (κ1) is 15.3. The normalized spacial score (nSPS) is 16.4. The van der Waals surface area contributed by atoms with E-state index in [9.17, 15) is 9.18 Å². The Morgan fingerprint density at radius 3 is 2.80 bits per heavy atom. The van der Waals surface area contributed by atoms with E-state index >= 15 is 0 Å². The summed E-state index contributed by atoms with van der Waals surface area (Å²) >= 11 is 5.80. The summed E-state index contributed by atoms with van der Waals surface area (Å²) in [5.41, 5.74) is 0.138. The van der Waals surface area contributed by atoms with Crippen LogP contribution in [-0.4, -0.2) is 30.4 Å². The number of anilines is 1. The fourth-order valence-corrected chi connectivity index (χ4v) is 2.83. The van der Waals surface area contributed by atoms with Gasteiger partial charge in [0.1, 0.15) is 5.82 Å². The van der Waals surface area contributed by atoms with Crippen molar-refractivity contribution < 1.29 is 9.18 Å². The third-order valence-electron chi connectivity index (χ3n) is 3.79. The van der Waals surface area contributed by atoms with E-state index in [0.29, 0.717) is 11.1 Å². The Bertz CT molecular complexity index is 475. The summed E-state index contributed by atoms with van der Waals surface area (Å²) in [7, 11) is 1.95. The van der Waals surface area contributed by atoms with E-state index in [1.54, 1.807) is 0 Å². The first-order valence-corrected chi connectivity index (χ1v) is 7.39. The SMILES string of the molecule is CN(CC(=O)Nc1cc(Cl)ccc1F)C1CCCCC1. The molecule has 3 nitrogen and oxygen atoms in total. The molecule has 0 atom stereocenters. The molecule has 0 aliphatic heterocycles. The van der Waals surface area contributed by atoms with E-state index in [-0.39, 0.29) is 18.1 Å². The summed E-state index contributed by atoms with van der Waals surface area (Å²) in [6, 6.07) is 4.59. The molecule has 1 saturated carbocycles. The molecule has 1 aliphatic carbocycles. The fourth-order valence-electron chi connectivity index (χ4n) is 2.66.